The number of carbonyl (C=O) groups excluding carboxylic acids is 3. The van der Waals surface area contributed by atoms with E-state index in [0.29, 0.717) is 19.3 Å². The molecule has 9 aliphatic heterocycles. The van der Waals surface area contributed by atoms with Crippen LogP contribution >= 0.6 is 0 Å². The van der Waals surface area contributed by atoms with Crippen LogP contribution in [-0.4, -0.2) is 445 Å². The lowest BCUT2D eigenvalue weighted by Gasteiger charge is -2.71. The Bertz CT molecular complexity index is 3870. The molecule has 46 heteroatoms. The van der Waals surface area contributed by atoms with Gasteiger partial charge in [-0.05, 0) is 118 Å². The maximum Gasteiger partial charge on any atom is 0.335 e. The van der Waals surface area contributed by atoms with Crippen LogP contribution in [0.3, 0.4) is 0 Å². The average molecular weight is 1860 g/mol. The lowest BCUT2D eigenvalue weighted by atomic mass is 9.33. The second-order valence-corrected chi connectivity index (χ2v) is 39.3. The number of rotatable bonds is 23. The molecule has 0 aromatic rings. The molecule has 5 aliphatic carbocycles. The topological polar surface area (TPSA) is 709 Å². The van der Waals surface area contributed by atoms with Crippen molar-refractivity contribution in [3.8, 4) is 0 Å². The van der Waals surface area contributed by atoms with Crippen molar-refractivity contribution in [2.75, 3.05) is 33.0 Å². The van der Waals surface area contributed by atoms with Gasteiger partial charge in [-0.25, -0.2) is 4.79 Å². The molecule has 23 N–H and O–H groups in total. The van der Waals surface area contributed by atoms with E-state index >= 15 is 4.79 Å². The van der Waals surface area contributed by atoms with E-state index in [1.165, 1.54) is 20.8 Å². The Morgan fingerprint density at radius 3 is 1.43 bits per heavy atom. The number of allylic oxidation sites excluding steroid dienone is 2. The van der Waals surface area contributed by atoms with Crippen LogP contribution in [-0.2, 0) is 109 Å². The summed E-state index contributed by atoms with van der Waals surface area (Å²) in [5.41, 5.74) is -5.78. The Hall–Kier alpha value is -3.74. The first-order valence-corrected chi connectivity index (χ1v) is 44.2. The number of hydrogen-bond donors (Lipinski definition) is 23. The van der Waals surface area contributed by atoms with Gasteiger partial charge in [0, 0.05) is 6.92 Å². The summed E-state index contributed by atoms with van der Waals surface area (Å²) in [7, 11) is 0. The molecule has 0 amide bonds. The molecule has 0 aromatic carbocycles. The third kappa shape index (κ3) is 18.2. The minimum atomic E-state index is -2.36. The van der Waals surface area contributed by atoms with Crippen molar-refractivity contribution in [3.63, 3.8) is 0 Å². The Balaban J connectivity index is 0.780. The van der Waals surface area contributed by atoms with Crippen LogP contribution < -0.4 is 0 Å². The monoisotopic (exact) mass is 1860 g/mol. The van der Waals surface area contributed by atoms with E-state index in [2.05, 4.69) is 19.9 Å². The van der Waals surface area contributed by atoms with Crippen LogP contribution in [0.5, 0.6) is 0 Å². The first kappa shape index (κ1) is 101. The minimum Gasteiger partial charge on any atom is -0.479 e. The fourth-order valence-electron chi connectivity index (χ4n) is 23.2. The maximum atomic E-state index is 16.7. The third-order valence-corrected chi connectivity index (χ3v) is 30.9. The molecule has 45 unspecified atom stereocenters. The van der Waals surface area contributed by atoms with Crippen molar-refractivity contribution in [3.05, 3.63) is 11.6 Å². The summed E-state index contributed by atoms with van der Waals surface area (Å²) in [6.45, 7) is 13.2. The number of carbonyl (C=O) groups is 4. The fraction of sp³-hybridized carbons (Fsp3) is 0.928. The number of aldehydes is 1. The number of carboxylic acids is 1. The quantitative estimate of drug-likeness (QED) is 0.0195. The van der Waals surface area contributed by atoms with Crippen molar-refractivity contribution in [2.24, 2.45) is 50.2 Å². The number of fused-ring (bicyclic) bond motifs is 7. The third-order valence-electron chi connectivity index (χ3n) is 30.9. The summed E-state index contributed by atoms with van der Waals surface area (Å²) >= 11 is 0. The number of aliphatic hydroxyl groups is 22. The molecule has 46 nitrogen and oxygen atoms in total. The summed E-state index contributed by atoms with van der Waals surface area (Å²) in [6.07, 6.45) is -79.1. The summed E-state index contributed by atoms with van der Waals surface area (Å²) in [5, 5.41) is 257. The lowest BCUT2D eigenvalue weighted by Crippen LogP contribution is -2.70. The van der Waals surface area contributed by atoms with Gasteiger partial charge in [0.2, 0.25) is 6.29 Å². The minimum absolute atomic E-state index is 0.0231. The Labute approximate surface area is 740 Å². The molecular weight excluding hydrogens is 1730 g/mol. The molecule has 0 radical (unpaired) electrons. The number of aliphatic hydroxyl groups excluding tert-OH is 22. The molecule has 0 spiro atoms. The number of aliphatic carboxylic acids is 1. The van der Waals surface area contributed by atoms with Crippen LogP contribution in [0.2, 0.25) is 0 Å². The number of carboxylic acid groups (broad SMARTS) is 1. The number of hydrogen-bond acceptors (Lipinski definition) is 45. The highest BCUT2D eigenvalue weighted by Gasteiger charge is 2.74. The zero-order chi connectivity index (χ0) is 94.2. The van der Waals surface area contributed by atoms with Gasteiger partial charge >= 0.3 is 17.9 Å². The number of ether oxygens (including phenoxy) is 19. The lowest BCUT2D eigenvalue weighted by molar-refractivity contribution is -0.405. The van der Waals surface area contributed by atoms with Crippen molar-refractivity contribution < 1.29 is 227 Å². The second kappa shape index (κ2) is 38.9. The molecule has 14 aliphatic rings. The van der Waals surface area contributed by atoms with Crippen LogP contribution in [0.4, 0.5) is 0 Å². The molecule has 9 heterocycles. The zero-order valence-corrected chi connectivity index (χ0v) is 72.9. The standard InChI is InChI=1S/C83H130O46/c1-27-42(92)47(97)52(102)71(114-27)126-64-59(117-30(4)87)29(3)116-75(66(64)128-74-57(107)62(124-72-53(103)48(98)45(95)36(21-84)118-72)58(28(2)115-74)121-70-56(106)60(35(90)25-113-70)122-68-50(100)43(93)33(88)23-111-68)129-77(110)83-18-17-78(5,6)19-32(83)31-11-12-39-79(7)15-14-41(80(8,26-86)38(79)13-16-81(39,9)82(31,10)20-40(83)91)120-76-65(127-73-54(104)49(99)46(96)37(22-85)119-73)61(55(105)63(125-76)67(108)109)123-69-51(101)44(94)34(89)24-112-69/h11,26-29,32-66,68-76,84-85,88-107H,12-25H2,1-10H3,(H,108,109)/t27?,28?,29?,32?,33?,34?,35?,36?,37?,38?,39?,40-,41+,42?,43?,44?,45?,46?,47?,48?,49?,50?,51?,52?,53?,54?,55?,56?,57?,58?,59?,60?,61?,62?,63?,64?,65?,66?,68?,69?,70?,71?,72?,73?,74?,75?,76?,79+,80+,81-,82-,83-/m1/s1. The van der Waals surface area contributed by atoms with Gasteiger partial charge in [0.25, 0.3) is 0 Å². The predicted octanol–water partition coefficient (Wildman–Crippen LogP) is -9.10. The van der Waals surface area contributed by atoms with Gasteiger partial charge in [-0.2, -0.15) is 0 Å². The van der Waals surface area contributed by atoms with Gasteiger partial charge in [-0.1, -0.05) is 53.2 Å². The molecule has 0 bridgehead atoms. The van der Waals surface area contributed by atoms with E-state index in [4.69, 9.17) is 90.0 Å². The Morgan fingerprint density at radius 1 is 0.419 bits per heavy atom. The van der Waals surface area contributed by atoms with Crippen molar-refractivity contribution in [1.82, 2.24) is 0 Å². The highest BCUT2D eigenvalue weighted by molar-refractivity contribution is 5.80. The SMILES string of the molecule is CC(=O)OC1C(C)OC(OC(=O)[C@]23CCC(C)(C)CC2C2=CCC4[C@@]5(C)CC[C@H](OC6OC(C(=O)O)C(O)C(OC7OCC(O)C(O)C7O)C6OC6OC(CO)C(O)C(O)C6O)[C@@](C)(C=O)C5CC[C@@]4(C)[C@]2(C)C[C@H]3O)C(OC2OC(C)C(OC3OCC(O)C(OC4OCC(O)C(O)C4O)C3O)C(OC3OC(CO)C(O)C(O)C3O)C2O)C1OC1OC(C)C(O)C(O)C1O. The van der Waals surface area contributed by atoms with E-state index < -0.39 is 366 Å². The van der Waals surface area contributed by atoms with E-state index in [9.17, 15) is 132 Å². The van der Waals surface area contributed by atoms with Gasteiger partial charge in [-0.15, -0.1) is 0 Å². The van der Waals surface area contributed by atoms with Crippen LogP contribution in [0.15, 0.2) is 11.6 Å². The summed E-state index contributed by atoms with van der Waals surface area (Å²) in [5.74, 6) is -5.60. The molecule has 4 saturated carbocycles. The van der Waals surface area contributed by atoms with Gasteiger partial charge in [0.1, 0.15) is 177 Å². The van der Waals surface area contributed by atoms with Crippen molar-refractivity contribution in [1.29, 1.82) is 0 Å². The first-order chi connectivity index (χ1) is 60.6. The van der Waals surface area contributed by atoms with Crippen LogP contribution in [0.25, 0.3) is 0 Å². The molecule has 14 rings (SSSR count). The van der Waals surface area contributed by atoms with E-state index in [0.717, 1.165) is 18.8 Å². The molecule has 129 heavy (non-hydrogen) atoms. The van der Waals surface area contributed by atoms with Crippen LogP contribution in [0, 0.1) is 50.2 Å². The molecule has 738 valence electrons. The van der Waals surface area contributed by atoms with Gasteiger partial charge in [0.15, 0.2) is 68.6 Å². The van der Waals surface area contributed by atoms with E-state index in [-0.39, 0.29) is 44.4 Å². The van der Waals surface area contributed by atoms with E-state index in [1.54, 1.807) is 6.92 Å². The normalized spacial score (nSPS) is 54.2. The predicted molar refractivity (Wildman–Crippen MR) is 416 cm³/mol. The molecular formula is C83H130O46. The first-order valence-electron chi connectivity index (χ1n) is 44.2. The van der Waals surface area contributed by atoms with Gasteiger partial charge in [-0.3, -0.25) is 9.59 Å². The molecule has 0 aromatic heterocycles. The maximum absolute atomic E-state index is 16.7. The molecule has 9 saturated heterocycles. The summed E-state index contributed by atoms with van der Waals surface area (Å²) in [4.78, 5) is 57.7. The zero-order valence-electron chi connectivity index (χ0n) is 72.9. The second-order valence-electron chi connectivity index (χ2n) is 39.3. The smallest absolute Gasteiger partial charge is 0.335 e. The van der Waals surface area contributed by atoms with Crippen molar-refractivity contribution in [2.45, 2.75) is 397 Å². The molecule has 52 atom stereocenters. The number of esters is 2. The fourth-order valence-corrected chi connectivity index (χ4v) is 23.2. The Kier molecular flexibility index (Phi) is 30.5. The van der Waals surface area contributed by atoms with E-state index in [1.807, 2.05) is 20.8 Å². The Morgan fingerprint density at radius 2 is 0.876 bits per heavy atom. The van der Waals surface area contributed by atoms with Gasteiger partial charge in [0.05, 0.1) is 69.0 Å². The average Bonchev–Trinajstić information content (AvgIpc) is 0.668. The highest BCUT2D eigenvalue weighted by Crippen LogP contribution is 2.76. The largest absolute Gasteiger partial charge is 0.479 e. The highest BCUT2D eigenvalue weighted by atomic mass is 16.8. The summed E-state index contributed by atoms with van der Waals surface area (Å²) < 4.78 is 117. The van der Waals surface area contributed by atoms with Crippen LogP contribution in [0.1, 0.15) is 127 Å². The summed E-state index contributed by atoms with van der Waals surface area (Å²) in [6, 6.07) is 0. The van der Waals surface area contributed by atoms with Crippen molar-refractivity contribution >= 4 is 24.2 Å². The van der Waals surface area contributed by atoms with Gasteiger partial charge < -0.3 is 212 Å². The molecule has 13 fully saturated rings.